The lowest BCUT2D eigenvalue weighted by Crippen LogP contribution is -2.39. The summed E-state index contributed by atoms with van der Waals surface area (Å²) in [6.07, 6.45) is 1.96. The fraction of sp³-hybridized carbons (Fsp3) is 0.391. The van der Waals surface area contributed by atoms with Crippen LogP contribution in [0.1, 0.15) is 45.7 Å². The summed E-state index contributed by atoms with van der Waals surface area (Å²) in [5, 5.41) is 19.3. The van der Waals surface area contributed by atoms with E-state index in [4.69, 9.17) is 0 Å². The number of aliphatic hydroxyl groups excluding tert-OH is 1. The van der Waals surface area contributed by atoms with Crippen LogP contribution in [-0.2, 0) is 19.6 Å². The molecule has 2 aliphatic rings. The van der Waals surface area contributed by atoms with Crippen LogP contribution in [0.4, 0.5) is 0 Å². The molecular weight excluding hydrogens is 392 g/mol. The molecule has 1 amide bonds. The molecule has 2 aromatic heterocycles. The van der Waals surface area contributed by atoms with Crippen molar-refractivity contribution >= 4 is 5.91 Å². The lowest BCUT2D eigenvalue weighted by molar-refractivity contribution is 0.0703. The van der Waals surface area contributed by atoms with Gasteiger partial charge in [0.25, 0.3) is 5.91 Å². The van der Waals surface area contributed by atoms with Gasteiger partial charge in [0, 0.05) is 38.1 Å². The van der Waals surface area contributed by atoms with Gasteiger partial charge >= 0.3 is 0 Å². The zero-order valence-corrected chi connectivity index (χ0v) is 17.6. The van der Waals surface area contributed by atoms with Gasteiger partial charge in [-0.15, -0.1) is 10.2 Å². The summed E-state index contributed by atoms with van der Waals surface area (Å²) in [7, 11) is 0. The third-order valence-corrected chi connectivity index (χ3v) is 6.21. The van der Waals surface area contributed by atoms with Crippen molar-refractivity contribution in [3.8, 4) is 0 Å². The van der Waals surface area contributed by atoms with Crippen LogP contribution in [0.15, 0.2) is 48.7 Å². The summed E-state index contributed by atoms with van der Waals surface area (Å²) in [5.41, 5.74) is 2.57. The van der Waals surface area contributed by atoms with Gasteiger partial charge in [-0.1, -0.05) is 30.3 Å². The van der Waals surface area contributed by atoms with E-state index in [0.717, 1.165) is 23.9 Å². The number of pyridine rings is 1. The third-order valence-electron chi connectivity index (χ3n) is 6.21. The molecule has 0 aliphatic carbocycles. The average molecular weight is 419 g/mol. The fourth-order valence-corrected chi connectivity index (χ4v) is 4.62. The summed E-state index contributed by atoms with van der Waals surface area (Å²) in [6.45, 7) is 4.90. The zero-order valence-electron chi connectivity index (χ0n) is 17.6. The first kappa shape index (κ1) is 19.8. The standard InChI is InChI=1S/C23H26N6O2/c1-16-19(8-5-9-24-16)23(31)27-10-11-29-21(15-27)25-26-22(29)20-12-18(30)14-28(20)13-17-6-3-2-4-7-17/h2-9,18,20,30H,10-15H2,1H3/t18-,20+/m1/s1. The summed E-state index contributed by atoms with van der Waals surface area (Å²) < 4.78 is 2.13. The summed E-state index contributed by atoms with van der Waals surface area (Å²) >= 11 is 0. The minimum atomic E-state index is -0.378. The first-order valence-corrected chi connectivity index (χ1v) is 10.7. The SMILES string of the molecule is Cc1ncccc1C(=O)N1CCn2c(nnc2[C@@H]2C[C@@H](O)CN2Cc2ccccc2)C1. The normalized spacial score (nSPS) is 21.3. The molecule has 1 saturated heterocycles. The highest BCUT2D eigenvalue weighted by Gasteiger charge is 2.37. The van der Waals surface area contributed by atoms with Gasteiger partial charge in [-0.2, -0.15) is 0 Å². The molecule has 0 spiro atoms. The quantitative estimate of drug-likeness (QED) is 0.697. The Balaban J connectivity index is 1.35. The first-order chi connectivity index (χ1) is 15.1. The molecule has 5 rings (SSSR count). The number of carbonyl (C=O) groups is 1. The lowest BCUT2D eigenvalue weighted by Gasteiger charge is -2.30. The number of fused-ring (bicyclic) bond motifs is 1. The molecule has 8 heteroatoms. The molecule has 0 bridgehead atoms. The number of amides is 1. The first-order valence-electron chi connectivity index (χ1n) is 10.7. The Hall–Kier alpha value is -3.10. The van der Waals surface area contributed by atoms with E-state index in [-0.39, 0.29) is 18.1 Å². The lowest BCUT2D eigenvalue weighted by atomic mass is 10.1. The highest BCUT2D eigenvalue weighted by atomic mass is 16.3. The largest absolute Gasteiger partial charge is 0.392 e. The van der Waals surface area contributed by atoms with Gasteiger partial charge in [0.2, 0.25) is 0 Å². The van der Waals surface area contributed by atoms with E-state index in [1.807, 2.05) is 36.1 Å². The molecular formula is C23H26N6O2. The van der Waals surface area contributed by atoms with Crippen molar-refractivity contribution in [2.24, 2.45) is 0 Å². The second-order valence-electron chi connectivity index (χ2n) is 8.31. The molecule has 160 valence electrons. The van der Waals surface area contributed by atoms with Crippen LogP contribution in [0.5, 0.6) is 0 Å². The van der Waals surface area contributed by atoms with Gasteiger partial charge in [-0.05, 0) is 31.0 Å². The van der Waals surface area contributed by atoms with Gasteiger partial charge in [-0.25, -0.2) is 0 Å². The maximum absolute atomic E-state index is 13.0. The van der Waals surface area contributed by atoms with Gasteiger partial charge in [0.15, 0.2) is 11.6 Å². The number of β-amino-alcohol motifs (C(OH)–C–C–N with tert-alkyl or cyclic N) is 1. The third kappa shape index (κ3) is 3.84. The van der Waals surface area contributed by atoms with E-state index in [9.17, 15) is 9.90 Å². The van der Waals surface area contributed by atoms with E-state index in [2.05, 4.69) is 36.8 Å². The Morgan fingerprint density at radius 2 is 1.97 bits per heavy atom. The van der Waals surface area contributed by atoms with Crippen LogP contribution < -0.4 is 0 Å². The van der Waals surface area contributed by atoms with Gasteiger partial charge in [-0.3, -0.25) is 14.7 Å². The highest BCUT2D eigenvalue weighted by Crippen LogP contribution is 2.33. The molecule has 1 fully saturated rings. The van der Waals surface area contributed by atoms with Crippen molar-refractivity contribution in [1.82, 2.24) is 29.5 Å². The maximum atomic E-state index is 13.0. The van der Waals surface area contributed by atoms with E-state index < -0.39 is 0 Å². The molecule has 2 aliphatic heterocycles. The zero-order chi connectivity index (χ0) is 21.4. The number of aryl methyl sites for hydroxylation is 1. The molecule has 0 unspecified atom stereocenters. The van der Waals surface area contributed by atoms with Crippen molar-refractivity contribution in [3.05, 3.63) is 77.1 Å². The van der Waals surface area contributed by atoms with Crippen LogP contribution in [0.3, 0.4) is 0 Å². The number of carbonyl (C=O) groups excluding carboxylic acids is 1. The van der Waals surface area contributed by atoms with Crippen molar-refractivity contribution in [2.75, 3.05) is 13.1 Å². The molecule has 3 aromatic rings. The van der Waals surface area contributed by atoms with E-state index in [1.165, 1.54) is 5.56 Å². The van der Waals surface area contributed by atoms with Crippen molar-refractivity contribution in [2.45, 2.75) is 45.1 Å². The smallest absolute Gasteiger partial charge is 0.256 e. The van der Waals surface area contributed by atoms with E-state index >= 15 is 0 Å². The second-order valence-corrected chi connectivity index (χ2v) is 8.31. The Bertz CT molecular complexity index is 1080. The summed E-state index contributed by atoms with van der Waals surface area (Å²) in [4.78, 5) is 21.3. The Morgan fingerprint density at radius 1 is 1.13 bits per heavy atom. The van der Waals surface area contributed by atoms with E-state index in [1.54, 1.807) is 12.3 Å². The fourth-order valence-electron chi connectivity index (χ4n) is 4.62. The highest BCUT2D eigenvalue weighted by molar-refractivity contribution is 5.95. The van der Waals surface area contributed by atoms with Crippen LogP contribution in [0.2, 0.25) is 0 Å². The summed E-state index contributed by atoms with van der Waals surface area (Å²) in [6, 6.07) is 13.9. The number of rotatable bonds is 4. The van der Waals surface area contributed by atoms with Crippen LogP contribution >= 0.6 is 0 Å². The molecule has 4 heterocycles. The van der Waals surface area contributed by atoms with E-state index in [0.29, 0.717) is 38.2 Å². The molecule has 0 saturated carbocycles. The molecule has 31 heavy (non-hydrogen) atoms. The van der Waals surface area contributed by atoms with Crippen molar-refractivity contribution in [1.29, 1.82) is 0 Å². The number of hydrogen-bond donors (Lipinski definition) is 1. The predicted octanol–water partition coefficient (Wildman–Crippen LogP) is 1.95. The van der Waals surface area contributed by atoms with Crippen LogP contribution in [0, 0.1) is 6.92 Å². The topological polar surface area (TPSA) is 87.4 Å². The van der Waals surface area contributed by atoms with Crippen molar-refractivity contribution in [3.63, 3.8) is 0 Å². The van der Waals surface area contributed by atoms with Gasteiger partial charge < -0.3 is 14.6 Å². The second kappa shape index (κ2) is 8.20. The molecule has 1 N–H and O–H groups in total. The van der Waals surface area contributed by atoms with Crippen LogP contribution in [0.25, 0.3) is 0 Å². The number of hydrogen-bond acceptors (Lipinski definition) is 6. The maximum Gasteiger partial charge on any atom is 0.256 e. The summed E-state index contributed by atoms with van der Waals surface area (Å²) in [5.74, 6) is 1.65. The number of aliphatic hydroxyl groups is 1. The molecule has 1 aromatic carbocycles. The Kier molecular flexibility index (Phi) is 5.25. The van der Waals surface area contributed by atoms with Crippen molar-refractivity contribution < 1.29 is 9.90 Å². The minimum absolute atomic E-state index is 0.0132. The minimum Gasteiger partial charge on any atom is -0.392 e. The molecule has 8 nitrogen and oxygen atoms in total. The average Bonchev–Trinajstić information content (AvgIpc) is 3.36. The van der Waals surface area contributed by atoms with Gasteiger partial charge in [0.1, 0.15) is 0 Å². The monoisotopic (exact) mass is 418 g/mol. The Morgan fingerprint density at radius 3 is 2.77 bits per heavy atom. The predicted molar refractivity (Wildman–Crippen MR) is 114 cm³/mol. The molecule has 0 radical (unpaired) electrons. The Labute approximate surface area is 181 Å². The van der Waals surface area contributed by atoms with Gasteiger partial charge in [0.05, 0.1) is 24.3 Å². The van der Waals surface area contributed by atoms with Crippen LogP contribution in [-0.4, -0.2) is 59.8 Å². The number of benzene rings is 1. The number of aromatic nitrogens is 4. The number of likely N-dealkylation sites (tertiary alicyclic amines) is 1. The number of nitrogens with zero attached hydrogens (tertiary/aromatic N) is 6. The molecule has 2 atom stereocenters.